The van der Waals surface area contributed by atoms with Gasteiger partial charge in [-0.1, -0.05) is 33.1 Å². The quantitative estimate of drug-likeness (QED) is 0.532. The van der Waals surface area contributed by atoms with Crippen molar-refractivity contribution in [3.05, 3.63) is 0 Å². The predicted molar refractivity (Wildman–Crippen MR) is 74.8 cm³/mol. The fourth-order valence-electron chi connectivity index (χ4n) is 3.08. The lowest BCUT2D eigenvalue weighted by Crippen LogP contribution is -2.61. The third-order valence-corrected chi connectivity index (χ3v) is 4.59. The molecule has 3 heteroatoms. The zero-order valence-electron chi connectivity index (χ0n) is 12.0. The normalized spacial score (nSPS) is 23.3. The summed E-state index contributed by atoms with van der Waals surface area (Å²) in [6, 6.07) is 0.422. The van der Waals surface area contributed by atoms with E-state index >= 15 is 0 Å². The minimum Gasteiger partial charge on any atom is -0.296 e. The number of nitrogens with zero attached hydrogens (tertiary/aromatic N) is 1. The molecule has 0 amide bonds. The number of hydrogen-bond acceptors (Lipinski definition) is 3. The fourth-order valence-corrected chi connectivity index (χ4v) is 3.08. The summed E-state index contributed by atoms with van der Waals surface area (Å²) in [7, 11) is 0. The van der Waals surface area contributed by atoms with E-state index in [9.17, 15) is 0 Å². The van der Waals surface area contributed by atoms with Crippen LogP contribution in [0.3, 0.4) is 0 Å². The second kappa shape index (κ2) is 7.34. The first-order chi connectivity index (χ1) is 8.19. The van der Waals surface area contributed by atoms with Crippen LogP contribution in [0.1, 0.15) is 65.7 Å². The van der Waals surface area contributed by atoms with E-state index in [2.05, 4.69) is 31.1 Å². The van der Waals surface area contributed by atoms with E-state index in [4.69, 9.17) is 5.84 Å². The van der Waals surface area contributed by atoms with Crippen LogP contribution in [0.15, 0.2) is 0 Å². The van der Waals surface area contributed by atoms with Gasteiger partial charge in [0, 0.05) is 11.6 Å². The molecule has 0 radical (unpaired) electrons. The van der Waals surface area contributed by atoms with Crippen LogP contribution in [0.25, 0.3) is 0 Å². The number of nitrogens with one attached hydrogen (secondary N) is 1. The largest absolute Gasteiger partial charge is 0.296 e. The summed E-state index contributed by atoms with van der Waals surface area (Å²) in [5.41, 5.74) is 3.31. The molecule has 1 fully saturated rings. The molecular formula is C14H31N3. The minimum absolute atomic E-state index is 0.227. The Kier molecular flexibility index (Phi) is 6.45. The molecule has 3 N–H and O–H groups in total. The molecule has 0 aromatic carbocycles. The highest BCUT2D eigenvalue weighted by Gasteiger charge is 2.37. The number of nitrogens with two attached hydrogens (primary N) is 1. The van der Waals surface area contributed by atoms with Gasteiger partial charge in [0.25, 0.3) is 0 Å². The SMILES string of the molecule is CCCCC(NN)C(C)(CC)N1CCCCC1. The van der Waals surface area contributed by atoms with E-state index in [0.29, 0.717) is 6.04 Å². The van der Waals surface area contributed by atoms with E-state index in [1.54, 1.807) is 0 Å². The summed E-state index contributed by atoms with van der Waals surface area (Å²) in [6.45, 7) is 9.42. The van der Waals surface area contributed by atoms with Crippen LogP contribution in [-0.2, 0) is 0 Å². The van der Waals surface area contributed by atoms with Crippen molar-refractivity contribution >= 4 is 0 Å². The Labute approximate surface area is 107 Å². The van der Waals surface area contributed by atoms with E-state index in [1.165, 1.54) is 58.0 Å². The standard InChI is InChI=1S/C14H31N3/c1-4-6-10-13(16-15)14(3,5-2)17-11-8-7-9-12-17/h13,16H,4-12,15H2,1-3H3. The van der Waals surface area contributed by atoms with Crippen molar-refractivity contribution in [1.29, 1.82) is 0 Å². The van der Waals surface area contributed by atoms with Crippen molar-refractivity contribution in [2.75, 3.05) is 13.1 Å². The van der Waals surface area contributed by atoms with Gasteiger partial charge in [0.05, 0.1) is 0 Å². The summed E-state index contributed by atoms with van der Waals surface area (Å²) in [5.74, 6) is 5.81. The van der Waals surface area contributed by atoms with Gasteiger partial charge in [0.15, 0.2) is 0 Å². The van der Waals surface area contributed by atoms with Crippen molar-refractivity contribution < 1.29 is 0 Å². The molecule has 1 aliphatic rings. The van der Waals surface area contributed by atoms with Crippen molar-refractivity contribution in [1.82, 2.24) is 10.3 Å². The van der Waals surface area contributed by atoms with Gasteiger partial charge in [-0.25, -0.2) is 0 Å². The van der Waals surface area contributed by atoms with E-state index in [0.717, 1.165) is 0 Å². The van der Waals surface area contributed by atoms with E-state index < -0.39 is 0 Å². The van der Waals surface area contributed by atoms with Crippen LogP contribution >= 0.6 is 0 Å². The first kappa shape index (κ1) is 14.9. The lowest BCUT2D eigenvalue weighted by atomic mass is 9.83. The Balaban J connectivity index is 2.68. The molecule has 0 saturated carbocycles. The predicted octanol–water partition coefficient (Wildman–Crippen LogP) is 2.66. The van der Waals surface area contributed by atoms with Crippen molar-refractivity contribution in [3.63, 3.8) is 0 Å². The van der Waals surface area contributed by atoms with Crippen LogP contribution < -0.4 is 11.3 Å². The number of rotatable bonds is 7. The van der Waals surface area contributed by atoms with Crippen LogP contribution in [0.5, 0.6) is 0 Å². The number of piperidine rings is 1. The van der Waals surface area contributed by atoms with Gasteiger partial charge in [0.2, 0.25) is 0 Å². The monoisotopic (exact) mass is 241 g/mol. The Morgan fingerprint density at radius 2 is 1.88 bits per heavy atom. The summed E-state index contributed by atoms with van der Waals surface area (Å²) in [6.07, 6.45) is 8.96. The third-order valence-electron chi connectivity index (χ3n) is 4.59. The minimum atomic E-state index is 0.227. The molecule has 3 nitrogen and oxygen atoms in total. The van der Waals surface area contributed by atoms with Crippen LogP contribution in [0.4, 0.5) is 0 Å². The molecule has 0 aromatic heterocycles. The summed E-state index contributed by atoms with van der Waals surface area (Å²) < 4.78 is 0. The smallest absolute Gasteiger partial charge is 0.0391 e. The van der Waals surface area contributed by atoms with Gasteiger partial charge in [0.1, 0.15) is 0 Å². The van der Waals surface area contributed by atoms with Gasteiger partial charge < -0.3 is 0 Å². The average Bonchev–Trinajstić information content (AvgIpc) is 2.40. The lowest BCUT2D eigenvalue weighted by Gasteiger charge is -2.48. The summed E-state index contributed by atoms with van der Waals surface area (Å²) in [4.78, 5) is 2.66. The van der Waals surface area contributed by atoms with Crippen molar-refractivity contribution in [2.45, 2.75) is 77.3 Å². The molecule has 2 unspecified atom stereocenters. The summed E-state index contributed by atoms with van der Waals surface area (Å²) >= 11 is 0. The molecule has 0 bridgehead atoms. The van der Waals surface area contributed by atoms with E-state index in [-0.39, 0.29) is 5.54 Å². The van der Waals surface area contributed by atoms with Gasteiger partial charge >= 0.3 is 0 Å². The zero-order chi connectivity index (χ0) is 12.7. The Hall–Kier alpha value is -0.120. The van der Waals surface area contributed by atoms with Gasteiger partial charge in [-0.15, -0.1) is 0 Å². The van der Waals surface area contributed by atoms with E-state index in [1.807, 2.05) is 0 Å². The highest BCUT2D eigenvalue weighted by atomic mass is 15.3. The van der Waals surface area contributed by atoms with Crippen LogP contribution in [-0.4, -0.2) is 29.6 Å². The van der Waals surface area contributed by atoms with Crippen LogP contribution in [0, 0.1) is 0 Å². The maximum Gasteiger partial charge on any atom is 0.0391 e. The molecule has 2 atom stereocenters. The van der Waals surface area contributed by atoms with Gasteiger partial charge in [-0.05, 0) is 45.7 Å². The molecule has 0 spiro atoms. The second-order valence-electron chi connectivity index (χ2n) is 5.62. The highest BCUT2D eigenvalue weighted by Crippen LogP contribution is 2.29. The Morgan fingerprint density at radius 3 is 2.35 bits per heavy atom. The maximum atomic E-state index is 5.81. The number of likely N-dealkylation sites (tertiary alicyclic amines) is 1. The molecule has 17 heavy (non-hydrogen) atoms. The zero-order valence-corrected chi connectivity index (χ0v) is 12.0. The maximum absolute atomic E-state index is 5.81. The molecule has 0 aliphatic carbocycles. The number of unbranched alkanes of at least 4 members (excludes halogenated alkanes) is 1. The molecule has 0 aromatic rings. The molecule has 102 valence electrons. The Bertz CT molecular complexity index is 202. The molecule has 1 rings (SSSR count). The topological polar surface area (TPSA) is 41.3 Å². The molecule has 1 aliphatic heterocycles. The Morgan fingerprint density at radius 1 is 1.24 bits per heavy atom. The summed E-state index contributed by atoms with van der Waals surface area (Å²) in [5, 5.41) is 0. The molecular weight excluding hydrogens is 210 g/mol. The second-order valence-corrected chi connectivity index (χ2v) is 5.62. The molecule has 1 heterocycles. The number of hydrazine groups is 1. The first-order valence-corrected chi connectivity index (χ1v) is 7.40. The lowest BCUT2D eigenvalue weighted by molar-refractivity contribution is 0.0395. The number of hydrogen-bond donors (Lipinski definition) is 2. The van der Waals surface area contributed by atoms with Crippen molar-refractivity contribution in [3.8, 4) is 0 Å². The van der Waals surface area contributed by atoms with Gasteiger partial charge in [-0.3, -0.25) is 16.2 Å². The van der Waals surface area contributed by atoms with Gasteiger partial charge in [-0.2, -0.15) is 0 Å². The average molecular weight is 241 g/mol. The fraction of sp³-hybridized carbons (Fsp3) is 1.00. The van der Waals surface area contributed by atoms with Crippen molar-refractivity contribution in [2.24, 2.45) is 5.84 Å². The molecule has 1 saturated heterocycles. The van der Waals surface area contributed by atoms with Crippen LogP contribution in [0.2, 0.25) is 0 Å². The highest BCUT2D eigenvalue weighted by molar-refractivity contribution is 4.96. The third kappa shape index (κ3) is 3.67. The first-order valence-electron chi connectivity index (χ1n) is 7.40.